The molecule has 0 saturated carbocycles. The number of nitrogens with zero attached hydrogens (tertiary/aromatic N) is 8. The van der Waals surface area contributed by atoms with E-state index in [-0.39, 0.29) is 0 Å². The molecule has 18 rings (SSSR count). The van der Waals surface area contributed by atoms with Crippen molar-refractivity contribution in [3.05, 3.63) is 414 Å². The lowest BCUT2D eigenvalue weighted by atomic mass is 9.91. The van der Waals surface area contributed by atoms with Gasteiger partial charge >= 0.3 is 0 Å². The second-order valence-corrected chi connectivity index (χ2v) is 26.6. The number of rotatable bonds is 16. The Morgan fingerprint density at radius 3 is 0.528 bits per heavy atom. The fourth-order valence-corrected chi connectivity index (χ4v) is 14.0. The van der Waals surface area contributed by atoms with Crippen LogP contribution in [0, 0.1) is 0 Å². The second kappa shape index (κ2) is 31.2. The predicted molar refractivity (Wildman–Crippen MR) is 442 cm³/mol. The Morgan fingerprint density at radius 2 is 0.287 bits per heavy atom. The van der Waals surface area contributed by atoms with Gasteiger partial charge in [0.25, 0.3) is 0 Å². The molecular formula is C100H68N8. The summed E-state index contributed by atoms with van der Waals surface area (Å²) in [5, 5.41) is 0. The third-order valence-electron chi connectivity index (χ3n) is 19.5. The highest BCUT2D eigenvalue weighted by molar-refractivity contribution is 5.88. The summed E-state index contributed by atoms with van der Waals surface area (Å²) >= 11 is 0. The van der Waals surface area contributed by atoms with Gasteiger partial charge < -0.3 is 0 Å². The van der Waals surface area contributed by atoms with E-state index < -0.39 is 0 Å². The number of aromatic nitrogens is 8. The van der Waals surface area contributed by atoms with Crippen molar-refractivity contribution in [2.45, 2.75) is 0 Å². The molecule has 0 saturated heterocycles. The minimum atomic E-state index is 0.960. The summed E-state index contributed by atoms with van der Waals surface area (Å²) < 4.78 is 0. The van der Waals surface area contributed by atoms with Crippen LogP contribution in [0.3, 0.4) is 0 Å². The van der Waals surface area contributed by atoms with Gasteiger partial charge in [0.1, 0.15) is 19.0 Å². The highest BCUT2D eigenvalue weighted by atomic mass is 14.8. The molecule has 0 radical (unpaired) electrons. The SMILES string of the molecule is c1cc(-c2cncnc2)cc(-c2cccc(-c3cccc(-c4cc(-c5cncnc5)cc(-c5cccc(-c6cccc(-c7cccc(-c8cncnc8)c7)c6)c5)c4)c3)c2)c1.c1ccc(-c2cc(-c3cccc(-c4cccc(-c5ccccn5)c4)c3)cc(-c3cccc(-c4cccc(-c5ccccn5)c4)c3)c2)cc1. The van der Waals surface area contributed by atoms with E-state index in [2.05, 4.69) is 361 Å². The van der Waals surface area contributed by atoms with E-state index >= 15 is 0 Å². The monoisotopic (exact) mass is 1380 g/mol. The first kappa shape index (κ1) is 66.6. The average molecular weight is 1380 g/mol. The third kappa shape index (κ3) is 15.2. The Kier molecular flexibility index (Phi) is 19.2. The van der Waals surface area contributed by atoms with Gasteiger partial charge in [-0.25, -0.2) is 29.9 Å². The van der Waals surface area contributed by atoms with Crippen molar-refractivity contribution >= 4 is 0 Å². The van der Waals surface area contributed by atoms with Gasteiger partial charge in [-0.05, 0) is 260 Å². The van der Waals surface area contributed by atoms with Crippen LogP contribution < -0.4 is 0 Å². The van der Waals surface area contributed by atoms with Crippen LogP contribution in [0.15, 0.2) is 414 Å². The number of benzene rings is 13. The zero-order chi connectivity index (χ0) is 72.2. The zero-order valence-corrected chi connectivity index (χ0v) is 58.8. The Hall–Kier alpha value is -14.6. The van der Waals surface area contributed by atoms with Gasteiger partial charge in [0, 0.05) is 77.4 Å². The summed E-state index contributed by atoms with van der Waals surface area (Å²) in [6.07, 6.45) is 19.5. The molecule has 108 heavy (non-hydrogen) atoms. The van der Waals surface area contributed by atoms with Crippen molar-refractivity contribution in [1.82, 2.24) is 39.9 Å². The molecule has 508 valence electrons. The van der Waals surface area contributed by atoms with Gasteiger partial charge in [-0.2, -0.15) is 0 Å². The standard InChI is InChI=1S/C54H36N6.C46H32N2/c1-7-37(19-39(9-1)43-13-5-17-47(23-43)52-28-55-34-56-29-52)41-11-3-15-45(21-41)49-25-50(27-51(26-49)54-32-59-36-60-33-54)46-16-4-12-42(22-46)38-8-2-10-40(20-38)44-14-6-18-48(24-44)53-30-57-35-58-31-53;1-2-12-33(13-3-1)42-30-43(38-18-8-14-34(26-38)36-16-10-20-40(28-36)45-22-4-6-24-47-45)32-44(31-42)39-19-9-15-35(27-39)37-17-11-21-41(29-37)46-23-5-7-25-48-46/h1-36H;1-32H. The van der Waals surface area contributed by atoms with Gasteiger partial charge in [-0.1, -0.05) is 224 Å². The Bertz CT molecular complexity index is 5840. The lowest BCUT2D eigenvalue weighted by Crippen LogP contribution is -1.89. The highest BCUT2D eigenvalue weighted by Gasteiger charge is 2.16. The number of hydrogen-bond acceptors (Lipinski definition) is 8. The molecule has 5 heterocycles. The van der Waals surface area contributed by atoms with E-state index in [1.54, 1.807) is 19.0 Å². The van der Waals surface area contributed by atoms with Crippen LogP contribution in [0.2, 0.25) is 0 Å². The van der Waals surface area contributed by atoms with Gasteiger partial charge in [0.2, 0.25) is 0 Å². The Balaban J connectivity index is 0.000000162. The average Bonchev–Trinajstić information content (AvgIpc) is 0.795. The van der Waals surface area contributed by atoms with Crippen LogP contribution >= 0.6 is 0 Å². The molecule has 0 aliphatic rings. The molecule has 0 spiro atoms. The fourth-order valence-electron chi connectivity index (χ4n) is 14.0. The lowest BCUT2D eigenvalue weighted by molar-refractivity contribution is 1.17. The first-order chi connectivity index (χ1) is 53.5. The summed E-state index contributed by atoms with van der Waals surface area (Å²) in [5.74, 6) is 0. The van der Waals surface area contributed by atoms with Gasteiger partial charge in [-0.3, -0.25) is 9.97 Å². The first-order valence-corrected chi connectivity index (χ1v) is 36.0. The van der Waals surface area contributed by atoms with Crippen molar-refractivity contribution in [2.24, 2.45) is 0 Å². The third-order valence-corrected chi connectivity index (χ3v) is 19.5. The molecule has 13 aromatic carbocycles. The van der Waals surface area contributed by atoms with E-state index in [1.165, 1.54) is 55.6 Å². The topological polar surface area (TPSA) is 103 Å². The quantitative estimate of drug-likeness (QED) is 0.0943. The van der Waals surface area contributed by atoms with E-state index in [4.69, 9.17) is 0 Å². The molecule has 0 aliphatic carbocycles. The summed E-state index contributed by atoms with van der Waals surface area (Å²) in [6, 6.07) is 123. The summed E-state index contributed by atoms with van der Waals surface area (Å²) in [4.78, 5) is 34.7. The van der Waals surface area contributed by atoms with Crippen LogP contribution in [0.5, 0.6) is 0 Å². The molecule has 0 amide bonds. The van der Waals surface area contributed by atoms with Crippen molar-refractivity contribution in [1.29, 1.82) is 0 Å². The minimum absolute atomic E-state index is 0.960. The van der Waals surface area contributed by atoms with Crippen molar-refractivity contribution in [2.75, 3.05) is 0 Å². The largest absolute Gasteiger partial charge is 0.256 e. The normalized spacial score (nSPS) is 11.0. The molecular weight excluding hydrogens is 1310 g/mol. The molecule has 0 atom stereocenters. The van der Waals surface area contributed by atoms with E-state index in [1.807, 2.05) is 73.8 Å². The first-order valence-electron chi connectivity index (χ1n) is 36.0. The van der Waals surface area contributed by atoms with Crippen molar-refractivity contribution < 1.29 is 0 Å². The number of hydrogen-bond donors (Lipinski definition) is 0. The summed E-state index contributed by atoms with van der Waals surface area (Å²) in [5.41, 5.74) is 35.7. The van der Waals surface area contributed by atoms with Crippen LogP contribution in [0.1, 0.15) is 0 Å². The van der Waals surface area contributed by atoms with E-state index in [0.29, 0.717) is 0 Å². The molecule has 0 fully saturated rings. The lowest BCUT2D eigenvalue weighted by Gasteiger charge is -2.14. The van der Waals surface area contributed by atoms with Crippen molar-refractivity contribution in [3.8, 4) is 178 Å². The van der Waals surface area contributed by atoms with Crippen LogP contribution in [0.4, 0.5) is 0 Å². The number of pyridine rings is 2. The van der Waals surface area contributed by atoms with E-state index in [9.17, 15) is 0 Å². The molecule has 8 nitrogen and oxygen atoms in total. The maximum absolute atomic E-state index is 4.57. The molecule has 0 bridgehead atoms. The molecule has 0 unspecified atom stereocenters. The summed E-state index contributed by atoms with van der Waals surface area (Å²) in [6.45, 7) is 0. The Labute approximate surface area is 628 Å². The smallest absolute Gasteiger partial charge is 0.115 e. The molecule has 5 aromatic heterocycles. The minimum Gasteiger partial charge on any atom is -0.256 e. The summed E-state index contributed by atoms with van der Waals surface area (Å²) in [7, 11) is 0. The highest BCUT2D eigenvalue weighted by Crippen LogP contribution is 2.41. The Morgan fingerprint density at radius 1 is 0.120 bits per heavy atom. The predicted octanol–water partition coefficient (Wildman–Crippen LogP) is 25.2. The van der Waals surface area contributed by atoms with E-state index in [0.717, 1.165) is 123 Å². The molecule has 18 aromatic rings. The van der Waals surface area contributed by atoms with Crippen LogP contribution in [0.25, 0.3) is 178 Å². The zero-order valence-electron chi connectivity index (χ0n) is 58.8. The van der Waals surface area contributed by atoms with Gasteiger partial charge in [0.05, 0.1) is 11.4 Å². The van der Waals surface area contributed by atoms with Crippen molar-refractivity contribution in [3.63, 3.8) is 0 Å². The maximum atomic E-state index is 4.57. The van der Waals surface area contributed by atoms with Gasteiger partial charge in [-0.15, -0.1) is 0 Å². The molecule has 0 N–H and O–H groups in total. The van der Waals surface area contributed by atoms with Crippen LogP contribution in [-0.2, 0) is 0 Å². The maximum Gasteiger partial charge on any atom is 0.115 e. The van der Waals surface area contributed by atoms with Crippen LogP contribution in [-0.4, -0.2) is 39.9 Å². The second-order valence-electron chi connectivity index (χ2n) is 26.6. The molecule has 0 aliphatic heterocycles. The molecule has 8 heteroatoms. The fraction of sp³-hybridized carbons (Fsp3) is 0. The van der Waals surface area contributed by atoms with Gasteiger partial charge in [0.15, 0.2) is 0 Å².